The number of carbonyl (C=O) groups excluding carboxylic acids is 4. The monoisotopic (exact) mass is 441 g/mol. The molecule has 3 N–H and O–H groups in total. The molecule has 4 aliphatic heterocycles. The van der Waals surface area contributed by atoms with Gasteiger partial charge in [-0.1, -0.05) is 12.1 Å². The predicted molar refractivity (Wildman–Crippen MR) is 112 cm³/mol. The van der Waals surface area contributed by atoms with E-state index >= 15 is 0 Å². The Labute approximate surface area is 185 Å². The Bertz CT molecular complexity index is 977. The molecule has 5 rings (SSSR count). The lowest BCUT2D eigenvalue weighted by Gasteiger charge is -2.50. The van der Waals surface area contributed by atoms with Crippen LogP contribution in [0.3, 0.4) is 0 Å². The molecule has 0 spiro atoms. The summed E-state index contributed by atoms with van der Waals surface area (Å²) in [4.78, 5) is 52.6. The van der Waals surface area contributed by atoms with Crippen molar-refractivity contribution >= 4 is 23.6 Å². The lowest BCUT2D eigenvalue weighted by atomic mass is 9.93. The van der Waals surface area contributed by atoms with Gasteiger partial charge in [-0.05, 0) is 23.6 Å². The van der Waals surface area contributed by atoms with Crippen LogP contribution in [0.25, 0.3) is 0 Å². The number of benzene rings is 1. The van der Waals surface area contributed by atoms with Crippen molar-refractivity contribution in [1.29, 1.82) is 0 Å². The van der Waals surface area contributed by atoms with Gasteiger partial charge < -0.3 is 25.2 Å². The third kappa shape index (κ3) is 3.58. The van der Waals surface area contributed by atoms with E-state index in [-0.39, 0.29) is 24.1 Å². The van der Waals surface area contributed by atoms with Gasteiger partial charge in [0.25, 0.3) is 5.91 Å². The molecule has 4 aliphatic rings. The molecule has 0 aliphatic carbocycles. The SMILES string of the molecule is O=C1CCC(N2Cc3c(CNCC45CNCC(=O)N4CCOC5)cccc3C2=O)C(=O)N1. The number of ether oxygens (including phenoxy) is 1. The quantitative estimate of drug-likeness (QED) is 0.488. The molecule has 32 heavy (non-hydrogen) atoms. The Balaban J connectivity index is 1.28. The molecule has 10 nitrogen and oxygen atoms in total. The fourth-order valence-corrected chi connectivity index (χ4v) is 5.22. The van der Waals surface area contributed by atoms with Crippen LogP contribution in [0.4, 0.5) is 0 Å². The Kier molecular flexibility index (Phi) is 5.44. The highest BCUT2D eigenvalue weighted by atomic mass is 16.5. The summed E-state index contributed by atoms with van der Waals surface area (Å²) in [6.07, 6.45) is 0.579. The van der Waals surface area contributed by atoms with Crippen LogP contribution in [0.2, 0.25) is 0 Å². The lowest BCUT2D eigenvalue weighted by Crippen LogP contribution is -2.71. The van der Waals surface area contributed by atoms with Gasteiger partial charge in [-0.2, -0.15) is 0 Å². The minimum atomic E-state index is -0.625. The predicted octanol–water partition coefficient (Wildman–Crippen LogP) is -1.26. The van der Waals surface area contributed by atoms with E-state index in [0.717, 1.165) is 11.1 Å². The van der Waals surface area contributed by atoms with E-state index in [1.807, 2.05) is 17.0 Å². The van der Waals surface area contributed by atoms with Crippen molar-refractivity contribution in [3.8, 4) is 0 Å². The topological polar surface area (TPSA) is 120 Å². The van der Waals surface area contributed by atoms with Crippen molar-refractivity contribution in [3.05, 3.63) is 34.9 Å². The Morgan fingerprint density at radius 2 is 2.09 bits per heavy atom. The largest absolute Gasteiger partial charge is 0.377 e. The number of amides is 4. The summed E-state index contributed by atoms with van der Waals surface area (Å²) in [7, 11) is 0. The van der Waals surface area contributed by atoms with E-state index in [2.05, 4.69) is 16.0 Å². The molecular formula is C22H27N5O5. The lowest BCUT2D eigenvalue weighted by molar-refractivity contribution is -0.153. The molecule has 2 atom stereocenters. The Morgan fingerprint density at radius 3 is 2.94 bits per heavy atom. The first kappa shape index (κ1) is 21.0. The summed E-state index contributed by atoms with van der Waals surface area (Å²) < 4.78 is 5.69. The van der Waals surface area contributed by atoms with Crippen LogP contribution in [-0.2, 0) is 32.2 Å². The van der Waals surface area contributed by atoms with Crippen LogP contribution in [-0.4, -0.2) is 84.4 Å². The van der Waals surface area contributed by atoms with Crippen molar-refractivity contribution < 1.29 is 23.9 Å². The van der Waals surface area contributed by atoms with Crippen LogP contribution >= 0.6 is 0 Å². The second-order valence-electron chi connectivity index (χ2n) is 8.87. The van der Waals surface area contributed by atoms with Gasteiger partial charge in [0.05, 0.1) is 25.3 Å². The zero-order valence-electron chi connectivity index (χ0n) is 17.8. The fraction of sp³-hybridized carbons (Fsp3) is 0.545. The van der Waals surface area contributed by atoms with Crippen molar-refractivity contribution in [2.45, 2.75) is 37.5 Å². The van der Waals surface area contributed by atoms with Crippen LogP contribution in [0.1, 0.15) is 34.3 Å². The molecule has 4 heterocycles. The second kappa shape index (κ2) is 8.27. The van der Waals surface area contributed by atoms with Gasteiger partial charge in [-0.3, -0.25) is 24.5 Å². The summed E-state index contributed by atoms with van der Waals surface area (Å²) in [6, 6.07) is 4.98. The van der Waals surface area contributed by atoms with E-state index in [9.17, 15) is 19.2 Å². The minimum Gasteiger partial charge on any atom is -0.377 e. The number of carbonyl (C=O) groups is 4. The summed E-state index contributed by atoms with van der Waals surface area (Å²) >= 11 is 0. The first-order valence-corrected chi connectivity index (χ1v) is 11.0. The Hall–Kier alpha value is -2.82. The first-order chi connectivity index (χ1) is 15.5. The molecule has 1 aromatic rings. The molecule has 0 bridgehead atoms. The average molecular weight is 441 g/mol. The number of rotatable bonds is 5. The molecule has 10 heteroatoms. The van der Waals surface area contributed by atoms with E-state index in [0.29, 0.717) is 64.5 Å². The van der Waals surface area contributed by atoms with E-state index in [1.54, 1.807) is 11.0 Å². The van der Waals surface area contributed by atoms with Gasteiger partial charge >= 0.3 is 0 Å². The number of hydrogen-bond acceptors (Lipinski definition) is 7. The maximum atomic E-state index is 13.0. The number of hydrogen-bond donors (Lipinski definition) is 3. The number of morpholine rings is 1. The molecular weight excluding hydrogens is 414 g/mol. The highest BCUT2D eigenvalue weighted by Gasteiger charge is 2.45. The zero-order chi connectivity index (χ0) is 22.3. The molecule has 0 aromatic heterocycles. The maximum absolute atomic E-state index is 13.0. The smallest absolute Gasteiger partial charge is 0.255 e. The van der Waals surface area contributed by atoms with Gasteiger partial charge in [-0.15, -0.1) is 0 Å². The van der Waals surface area contributed by atoms with Gasteiger partial charge in [-0.25, -0.2) is 0 Å². The summed E-state index contributed by atoms with van der Waals surface area (Å²) in [5.41, 5.74) is 2.08. The van der Waals surface area contributed by atoms with E-state index < -0.39 is 17.5 Å². The fourth-order valence-electron chi connectivity index (χ4n) is 5.22. The third-order valence-corrected chi connectivity index (χ3v) is 6.88. The highest BCUT2D eigenvalue weighted by molar-refractivity contribution is 6.05. The molecule has 2 unspecified atom stereocenters. The maximum Gasteiger partial charge on any atom is 0.255 e. The summed E-state index contributed by atoms with van der Waals surface area (Å²) in [5, 5.41) is 9.00. The van der Waals surface area contributed by atoms with Crippen molar-refractivity contribution in [1.82, 2.24) is 25.8 Å². The normalized spacial score (nSPS) is 27.9. The van der Waals surface area contributed by atoms with Crippen molar-refractivity contribution in [2.24, 2.45) is 0 Å². The molecule has 4 amide bonds. The van der Waals surface area contributed by atoms with Gasteiger partial charge in [0.15, 0.2) is 0 Å². The molecule has 1 aromatic carbocycles. The molecule has 3 fully saturated rings. The third-order valence-electron chi connectivity index (χ3n) is 6.88. The highest BCUT2D eigenvalue weighted by Crippen LogP contribution is 2.30. The number of piperidine rings is 1. The summed E-state index contributed by atoms with van der Waals surface area (Å²) in [5.74, 6) is -0.791. The van der Waals surface area contributed by atoms with Crippen LogP contribution < -0.4 is 16.0 Å². The van der Waals surface area contributed by atoms with Crippen LogP contribution in [0.5, 0.6) is 0 Å². The first-order valence-electron chi connectivity index (χ1n) is 11.0. The number of piperazine rings is 1. The summed E-state index contributed by atoms with van der Waals surface area (Å²) in [6.45, 7) is 4.10. The Morgan fingerprint density at radius 1 is 1.22 bits per heavy atom. The van der Waals surface area contributed by atoms with E-state index in [1.165, 1.54) is 0 Å². The second-order valence-corrected chi connectivity index (χ2v) is 8.87. The number of nitrogens with one attached hydrogen (secondary N) is 3. The standard InChI is InChI=1S/C22H27N5O5/c28-18-5-4-17(20(30)25-18)26-10-16-14(2-1-3-15(16)21(26)31)8-23-11-22-12-24-9-19(29)27(22)6-7-32-13-22/h1-3,17,23-24H,4-13H2,(H,25,28,30). The number of fused-ring (bicyclic) bond motifs is 2. The zero-order valence-corrected chi connectivity index (χ0v) is 17.8. The molecule has 0 radical (unpaired) electrons. The van der Waals surface area contributed by atoms with Gasteiger partial charge in [0.1, 0.15) is 6.04 Å². The molecule has 170 valence electrons. The van der Waals surface area contributed by atoms with Gasteiger partial charge in [0, 0.05) is 44.7 Å². The van der Waals surface area contributed by atoms with Gasteiger partial charge in [0.2, 0.25) is 17.7 Å². The number of nitrogens with zero attached hydrogens (tertiary/aromatic N) is 2. The van der Waals surface area contributed by atoms with E-state index in [4.69, 9.17) is 4.74 Å². The van der Waals surface area contributed by atoms with Crippen LogP contribution in [0.15, 0.2) is 18.2 Å². The molecule has 3 saturated heterocycles. The van der Waals surface area contributed by atoms with Crippen molar-refractivity contribution in [3.63, 3.8) is 0 Å². The number of imide groups is 1. The minimum absolute atomic E-state index is 0.0902. The average Bonchev–Trinajstić information content (AvgIpc) is 3.11. The van der Waals surface area contributed by atoms with Crippen LogP contribution in [0, 0.1) is 0 Å². The molecule has 0 saturated carbocycles. The van der Waals surface area contributed by atoms with Crippen molar-refractivity contribution in [2.75, 3.05) is 39.4 Å².